The molecule has 4 nitrogen and oxygen atoms in total. The van der Waals surface area contributed by atoms with E-state index in [0.717, 1.165) is 38.9 Å². The number of piperidine rings is 2. The van der Waals surface area contributed by atoms with Crippen molar-refractivity contribution >= 4 is 5.91 Å². The van der Waals surface area contributed by atoms with Crippen LogP contribution in [0.15, 0.2) is 0 Å². The Morgan fingerprint density at radius 2 is 2.19 bits per heavy atom. The summed E-state index contributed by atoms with van der Waals surface area (Å²) in [5, 5.41) is 3.32. The van der Waals surface area contributed by atoms with Crippen LogP contribution < -0.4 is 5.32 Å². The van der Waals surface area contributed by atoms with E-state index in [9.17, 15) is 4.79 Å². The highest BCUT2D eigenvalue weighted by Crippen LogP contribution is 2.16. The van der Waals surface area contributed by atoms with Crippen molar-refractivity contribution < 1.29 is 9.53 Å². The topological polar surface area (TPSA) is 41.6 Å². The molecule has 0 aromatic carbocycles. The number of nitrogens with one attached hydrogen (secondary N) is 1. The van der Waals surface area contributed by atoms with Crippen molar-refractivity contribution in [3.8, 4) is 0 Å². The highest BCUT2D eigenvalue weighted by molar-refractivity contribution is 5.82. The van der Waals surface area contributed by atoms with E-state index in [0.29, 0.717) is 0 Å². The number of hydrogen-bond acceptors (Lipinski definition) is 3. The fourth-order valence-corrected chi connectivity index (χ4v) is 2.61. The summed E-state index contributed by atoms with van der Waals surface area (Å²) in [5.41, 5.74) is 0. The predicted molar refractivity (Wildman–Crippen MR) is 62.3 cm³/mol. The van der Waals surface area contributed by atoms with Crippen LogP contribution >= 0.6 is 0 Å². The second-order valence-electron chi connectivity index (χ2n) is 4.79. The minimum absolute atomic E-state index is 0.0596. The third-order valence-electron chi connectivity index (χ3n) is 3.63. The number of ether oxygens (including phenoxy) is 1. The zero-order valence-corrected chi connectivity index (χ0v) is 10.1. The van der Waals surface area contributed by atoms with Crippen molar-refractivity contribution in [2.45, 2.75) is 44.2 Å². The molecule has 4 heteroatoms. The smallest absolute Gasteiger partial charge is 0.239 e. The van der Waals surface area contributed by atoms with Gasteiger partial charge in [-0.1, -0.05) is 6.42 Å². The number of carbonyl (C=O) groups is 1. The quantitative estimate of drug-likeness (QED) is 0.756. The van der Waals surface area contributed by atoms with Crippen LogP contribution in [-0.4, -0.2) is 49.7 Å². The standard InChI is InChI=1S/C12H22N2O2/c1-16-10-5-4-8-14(9-10)12(15)11-6-2-3-7-13-11/h10-11,13H,2-9H2,1H3/t10?,11-/m1/s1. The van der Waals surface area contributed by atoms with Crippen LogP contribution in [0.5, 0.6) is 0 Å². The molecule has 0 aromatic rings. The second kappa shape index (κ2) is 5.64. The number of hydrogen-bond donors (Lipinski definition) is 1. The number of methoxy groups -OCH3 is 1. The van der Waals surface area contributed by atoms with Crippen LogP contribution in [0, 0.1) is 0 Å². The lowest BCUT2D eigenvalue weighted by Crippen LogP contribution is -2.52. The summed E-state index contributed by atoms with van der Waals surface area (Å²) in [4.78, 5) is 14.2. The third-order valence-corrected chi connectivity index (χ3v) is 3.63. The summed E-state index contributed by atoms with van der Waals surface area (Å²) in [6, 6.07) is 0.0596. The minimum atomic E-state index is 0.0596. The predicted octanol–water partition coefficient (Wildman–Crippen LogP) is 0.766. The number of carbonyl (C=O) groups excluding carboxylic acids is 1. The van der Waals surface area contributed by atoms with Crippen molar-refractivity contribution in [2.75, 3.05) is 26.7 Å². The molecule has 16 heavy (non-hydrogen) atoms. The van der Waals surface area contributed by atoms with Gasteiger partial charge < -0.3 is 15.0 Å². The van der Waals surface area contributed by atoms with Crippen LogP contribution in [0.25, 0.3) is 0 Å². The molecule has 0 spiro atoms. The number of amides is 1. The lowest BCUT2D eigenvalue weighted by atomic mass is 10.0. The summed E-state index contributed by atoms with van der Waals surface area (Å²) in [5.74, 6) is 0.279. The highest BCUT2D eigenvalue weighted by Gasteiger charge is 2.29. The SMILES string of the molecule is COC1CCCN(C(=O)[C@H]2CCCCN2)C1. The van der Waals surface area contributed by atoms with Gasteiger partial charge in [0.25, 0.3) is 0 Å². The molecular formula is C12H22N2O2. The normalized spacial score (nSPS) is 31.4. The minimum Gasteiger partial charge on any atom is -0.380 e. The van der Waals surface area contributed by atoms with E-state index in [1.54, 1.807) is 7.11 Å². The van der Waals surface area contributed by atoms with Gasteiger partial charge in [0.2, 0.25) is 5.91 Å². The summed E-state index contributed by atoms with van der Waals surface area (Å²) >= 11 is 0. The van der Waals surface area contributed by atoms with Crippen molar-refractivity contribution in [1.82, 2.24) is 10.2 Å². The molecule has 2 heterocycles. The van der Waals surface area contributed by atoms with E-state index in [2.05, 4.69) is 5.32 Å². The van der Waals surface area contributed by atoms with Gasteiger partial charge in [-0.05, 0) is 32.2 Å². The number of nitrogens with zero attached hydrogens (tertiary/aromatic N) is 1. The van der Waals surface area contributed by atoms with Crippen molar-refractivity contribution in [3.63, 3.8) is 0 Å². The molecule has 1 N–H and O–H groups in total. The Morgan fingerprint density at radius 3 is 2.88 bits per heavy atom. The van der Waals surface area contributed by atoms with Gasteiger partial charge in [0.05, 0.1) is 12.1 Å². The largest absolute Gasteiger partial charge is 0.380 e. The Balaban J connectivity index is 1.87. The van der Waals surface area contributed by atoms with Crippen LogP contribution in [-0.2, 0) is 9.53 Å². The van der Waals surface area contributed by atoms with Crippen molar-refractivity contribution in [2.24, 2.45) is 0 Å². The molecule has 2 saturated heterocycles. The molecule has 2 aliphatic rings. The maximum absolute atomic E-state index is 12.2. The number of rotatable bonds is 2. The molecule has 0 aliphatic carbocycles. The summed E-state index contributed by atoms with van der Waals surface area (Å²) in [6.45, 7) is 2.66. The monoisotopic (exact) mass is 226 g/mol. The molecule has 2 fully saturated rings. The summed E-state index contributed by atoms with van der Waals surface area (Å²) in [6.07, 6.45) is 5.75. The van der Waals surface area contributed by atoms with E-state index in [-0.39, 0.29) is 18.1 Å². The van der Waals surface area contributed by atoms with E-state index >= 15 is 0 Å². The third kappa shape index (κ3) is 2.74. The molecule has 0 radical (unpaired) electrons. The fraction of sp³-hybridized carbons (Fsp3) is 0.917. The van der Waals surface area contributed by atoms with Crippen LogP contribution in [0.4, 0.5) is 0 Å². The molecule has 2 atom stereocenters. The first-order valence-electron chi connectivity index (χ1n) is 6.36. The van der Waals surface area contributed by atoms with Gasteiger partial charge in [0, 0.05) is 20.2 Å². The Labute approximate surface area is 97.3 Å². The Kier molecular flexibility index (Phi) is 4.18. The van der Waals surface area contributed by atoms with Gasteiger partial charge in [-0.15, -0.1) is 0 Å². The first kappa shape index (κ1) is 11.9. The van der Waals surface area contributed by atoms with Crippen molar-refractivity contribution in [1.29, 1.82) is 0 Å². The van der Waals surface area contributed by atoms with Gasteiger partial charge in [0.1, 0.15) is 0 Å². The maximum Gasteiger partial charge on any atom is 0.239 e. The van der Waals surface area contributed by atoms with Crippen LogP contribution in [0.3, 0.4) is 0 Å². The molecule has 0 saturated carbocycles. The lowest BCUT2D eigenvalue weighted by molar-refractivity contribution is -0.137. The molecular weight excluding hydrogens is 204 g/mol. The molecule has 1 amide bonds. The first-order valence-corrected chi connectivity index (χ1v) is 6.36. The highest BCUT2D eigenvalue weighted by atomic mass is 16.5. The van der Waals surface area contributed by atoms with Crippen molar-refractivity contribution in [3.05, 3.63) is 0 Å². The zero-order chi connectivity index (χ0) is 11.4. The Bertz CT molecular complexity index is 239. The summed E-state index contributed by atoms with van der Waals surface area (Å²) in [7, 11) is 1.73. The molecule has 2 rings (SSSR count). The first-order chi connectivity index (χ1) is 7.81. The van der Waals surface area contributed by atoms with E-state index < -0.39 is 0 Å². The van der Waals surface area contributed by atoms with Gasteiger partial charge in [-0.25, -0.2) is 0 Å². The number of likely N-dealkylation sites (tertiary alicyclic amines) is 1. The van der Waals surface area contributed by atoms with Gasteiger partial charge in [0.15, 0.2) is 0 Å². The van der Waals surface area contributed by atoms with E-state index in [1.807, 2.05) is 4.90 Å². The van der Waals surface area contributed by atoms with Gasteiger partial charge in [-0.2, -0.15) is 0 Å². The molecule has 92 valence electrons. The van der Waals surface area contributed by atoms with Gasteiger partial charge >= 0.3 is 0 Å². The van der Waals surface area contributed by atoms with E-state index in [4.69, 9.17) is 4.74 Å². The molecule has 1 unspecified atom stereocenters. The molecule has 0 bridgehead atoms. The average molecular weight is 226 g/mol. The average Bonchev–Trinajstić information content (AvgIpc) is 2.39. The Morgan fingerprint density at radius 1 is 1.31 bits per heavy atom. The second-order valence-corrected chi connectivity index (χ2v) is 4.79. The fourth-order valence-electron chi connectivity index (χ4n) is 2.61. The zero-order valence-electron chi connectivity index (χ0n) is 10.1. The summed E-state index contributed by atoms with van der Waals surface area (Å²) < 4.78 is 5.34. The Hall–Kier alpha value is -0.610. The van der Waals surface area contributed by atoms with Gasteiger partial charge in [-0.3, -0.25) is 4.79 Å². The maximum atomic E-state index is 12.2. The lowest BCUT2D eigenvalue weighted by Gasteiger charge is -2.35. The molecule has 0 aromatic heterocycles. The molecule has 2 aliphatic heterocycles. The van der Waals surface area contributed by atoms with Crippen LogP contribution in [0.2, 0.25) is 0 Å². The van der Waals surface area contributed by atoms with Crippen LogP contribution in [0.1, 0.15) is 32.1 Å². The van der Waals surface area contributed by atoms with E-state index in [1.165, 1.54) is 12.8 Å².